The van der Waals surface area contributed by atoms with Gasteiger partial charge >= 0.3 is 0 Å². The predicted molar refractivity (Wildman–Crippen MR) is 68.6 cm³/mol. The summed E-state index contributed by atoms with van der Waals surface area (Å²) in [5.41, 5.74) is 3.85. The maximum absolute atomic E-state index is 4.46. The fourth-order valence-corrected chi connectivity index (χ4v) is 1.84. The lowest BCUT2D eigenvalue weighted by Crippen LogP contribution is -2.06. The molecule has 0 aliphatic heterocycles. The Bertz CT molecular complexity index is 350. The minimum atomic E-state index is 0.951. The van der Waals surface area contributed by atoms with Crippen molar-refractivity contribution < 1.29 is 0 Å². The highest BCUT2D eigenvalue weighted by atomic mass is 15.3. The van der Waals surface area contributed by atoms with Crippen molar-refractivity contribution >= 4 is 0 Å². The van der Waals surface area contributed by atoms with Gasteiger partial charge in [-0.15, -0.1) is 0 Å². The third-order valence-electron chi connectivity index (χ3n) is 2.63. The lowest BCUT2D eigenvalue weighted by Gasteiger charge is -2.05. The summed E-state index contributed by atoms with van der Waals surface area (Å²) in [6, 6.07) is 2.18. The SMILES string of the molecule is CCn1nc(C)cc1CC(C)=CCCNC. The molecule has 0 aromatic carbocycles. The van der Waals surface area contributed by atoms with Gasteiger partial charge in [0.25, 0.3) is 0 Å². The van der Waals surface area contributed by atoms with Gasteiger partial charge in [-0.1, -0.05) is 11.6 Å². The van der Waals surface area contributed by atoms with E-state index >= 15 is 0 Å². The molecular weight excluding hydrogens is 198 g/mol. The first-order valence-electron chi connectivity index (χ1n) is 6.01. The van der Waals surface area contributed by atoms with Crippen LogP contribution in [0.5, 0.6) is 0 Å². The third-order valence-corrected chi connectivity index (χ3v) is 2.63. The van der Waals surface area contributed by atoms with Gasteiger partial charge in [0.1, 0.15) is 0 Å². The van der Waals surface area contributed by atoms with E-state index in [9.17, 15) is 0 Å². The van der Waals surface area contributed by atoms with Crippen molar-refractivity contribution in [2.24, 2.45) is 0 Å². The Morgan fingerprint density at radius 1 is 1.56 bits per heavy atom. The Morgan fingerprint density at radius 3 is 2.94 bits per heavy atom. The molecule has 0 atom stereocenters. The van der Waals surface area contributed by atoms with Crippen LogP contribution in [-0.2, 0) is 13.0 Å². The summed E-state index contributed by atoms with van der Waals surface area (Å²) in [5.74, 6) is 0. The van der Waals surface area contributed by atoms with Crippen molar-refractivity contribution in [1.29, 1.82) is 0 Å². The molecule has 0 spiro atoms. The Morgan fingerprint density at radius 2 is 2.31 bits per heavy atom. The summed E-state index contributed by atoms with van der Waals surface area (Å²) < 4.78 is 2.09. The largest absolute Gasteiger partial charge is 0.319 e. The van der Waals surface area contributed by atoms with Gasteiger partial charge in [0.2, 0.25) is 0 Å². The molecule has 1 heterocycles. The summed E-state index contributed by atoms with van der Waals surface area (Å²) >= 11 is 0. The molecule has 1 N–H and O–H groups in total. The smallest absolute Gasteiger partial charge is 0.0596 e. The van der Waals surface area contributed by atoms with E-state index in [1.54, 1.807) is 0 Å². The van der Waals surface area contributed by atoms with E-state index in [4.69, 9.17) is 0 Å². The predicted octanol–water partition coefficient (Wildman–Crippen LogP) is 2.31. The zero-order valence-electron chi connectivity index (χ0n) is 10.9. The molecule has 16 heavy (non-hydrogen) atoms. The number of aryl methyl sites for hydroxylation is 2. The molecule has 1 aromatic rings. The molecule has 3 heteroatoms. The van der Waals surface area contributed by atoms with Crippen molar-refractivity contribution in [3.8, 4) is 0 Å². The fraction of sp³-hybridized carbons (Fsp3) is 0.615. The first-order chi connectivity index (χ1) is 7.67. The second-order valence-corrected chi connectivity index (χ2v) is 4.21. The molecule has 0 bridgehead atoms. The van der Waals surface area contributed by atoms with Crippen LogP contribution >= 0.6 is 0 Å². The molecule has 90 valence electrons. The zero-order chi connectivity index (χ0) is 12.0. The molecule has 0 aliphatic rings. The maximum Gasteiger partial charge on any atom is 0.0596 e. The molecule has 0 saturated carbocycles. The van der Waals surface area contributed by atoms with Crippen LogP contribution in [0.25, 0.3) is 0 Å². The lowest BCUT2D eigenvalue weighted by atomic mass is 10.1. The average molecular weight is 221 g/mol. The van der Waals surface area contributed by atoms with E-state index in [0.29, 0.717) is 0 Å². The zero-order valence-corrected chi connectivity index (χ0v) is 10.9. The summed E-state index contributed by atoms with van der Waals surface area (Å²) in [4.78, 5) is 0. The van der Waals surface area contributed by atoms with Crippen molar-refractivity contribution in [1.82, 2.24) is 15.1 Å². The standard InChI is InChI=1S/C13H23N3/c1-5-16-13(10-12(3)15-16)9-11(2)7-6-8-14-4/h7,10,14H,5-6,8-9H2,1-4H3. The van der Waals surface area contributed by atoms with Crippen LogP contribution in [0.1, 0.15) is 31.7 Å². The number of nitrogens with zero attached hydrogens (tertiary/aromatic N) is 2. The summed E-state index contributed by atoms with van der Waals surface area (Å²) in [6.07, 6.45) is 4.42. The summed E-state index contributed by atoms with van der Waals surface area (Å²) in [6.45, 7) is 8.38. The lowest BCUT2D eigenvalue weighted by molar-refractivity contribution is 0.623. The molecule has 3 nitrogen and oxygen atoms in total. The van der Waals surface area contributed by atoms with Gasteiger partial charge in [0.05, 0.1) is 5.69 Å². The van der Waals surface area contributed by atoms with Crippen LogP contribution in [-0.4, -0.2) is 23.4 Å². The van der Waals surface area contributed by atoms with Crippen molar-refractivity contribution in [2.45, 2.75) is 40.2 Å². The average Bonchev–Trinajstić information content (AvgIpc) is 2.59. The molecule has 0 saturated heterocycles. The number of aromatic nitrogens is 2. The Labute approximate surface area is 98.5 Å². The van der Waals surface area contributed by atoms with E-state index in [1.165, 1.54) is 11.3 Å². The highest BCUT2D eigenvalue weighted by Crippen LogP contribution is 2.10. The van der Waals surface area contributed by atoms with Crippen molar-refractivity contribution in [2.75, 3.05) is 13.6 Å². The first kappa shape index (κ1) is 13.0. The molecule has 0 aliphatic carbocycles. The molecule has 0 unspecified atom stereocenters. The summed E-state index contributed by atoms with van der Waals surface area (Å²) in [5, 5.41) is 7.61. The summed E-state index contributed by atoms with van der Waals surface area (Å²) in [7, 11) is 1.98. The molecule has 1 rings (SSSR count). The molecule has 0 amide bonds. The van der Waals surface area contributed by atoms with Crippen LogP contribution in [0.3, 0.4) is 0 Å². The number of rotatable bonds is 6. The number of hydrogen-bond donors (Lipinski definition) is 1. The number of allylic oxidation sites excluding steroid dienone is 1. The van der Waals surface area contributed by atoms with E-state index < -0.39 is 0 Å². The van der Waals surface area contributed by atoms with Gasteiger partial charge < -0.3 is 5.32 Å². The van der Waals surface area contributed by atoms with Gasteiger partial charge in [-0.3, -0.25) is 4.68 Å². The molecule has 1 aromatic heterocycles. The number of hydrogen-bond acceptors (Lipinski definition) is 2. The van der Waals surface area contributed by atoms with Gasteiger partial charge in [-0.2, -0.15) is 5.10 Å². The highest BCUT2D eigenvalue weighted by molar-refractivity contribution is 5.16. The minimum absolute atomic E-state index is 0.951. The molecule has 0 radical (unpaired) electrons. The van der Waals surface area contributed by atoms with E-state index in [0.717, 1.165) is 31.6 Å². The normalized spacial score (nSPS) is 12.1. The topological polar surface area (TPSA) is 29.9 Å². The van der Waals surface area contributed by atoms with Gasteiger partial charge in [-0.25, -0.2) is 0 Å². The number of nitrogens with one attached hydrogen (secondary N) is 1. The van der Waals surface area contributed by atoms with Crippen LogP contribution in [0.15, 0.2) is 17.7 Å². The van der Waals surface area contributed by atoms with Crippen LogP contribution in [0.2, 0.25) is 0 Å². The molecular formula is C13H23N3. The van der Waals surface area contributed by atoms with Crippen molar-refractivity contribution in [3.63, 3.8) is 0 Å². The minimum Gasteiger partial charge on any atom is -0.319 e. The van der Waals surface area contributed by atoms with E-state index in [1.807, 2.05) is 7.05 Å². The first-order valence-corrected chi connectivity index (χ1v) is 6.01. The van der Waals surface area contributed by atoms with Crippen molar-refractivity contribution in [3.05, 3.63) is 29.1 Å². The van der Waals surface area contributed by atoms with Crippen LogP contribution in [0, 0.1) is 6.92 Å². The Balaban J connectivity index is 2.61. The third kappa shape index (κ3) is 3.81. The Hall–Kier alpha value is -1.09. The Kier molecular flexibility index (Phi) is 5.26. The molecule has 0 fully saturated rings. The highest BCUT2D eigenvalue weighted by Gasteiger charge is 2.04. The van der Waals surface area contributed by atoms with Gasteiger partial charge in [-0.05, 0) is 46.9 Å². The van der Waals surface area contributed by atoms with E-state index in [-0.39, 0.29) is 0 Å². The van der Waals surface area contributed by atoms with Crippen LogP contribution < -0.4 is 5.32 Å². The maximum atomic E-state index is 4.46. The van der Waals surface area contributed by atoms with Gasteiger partial charge in [0.15, 0.2) is 0 Å². The monoisotopic (exact) mass is 221 g/mol. The van der Waals surface area contributed by atoms with Crippen LogP contribution in [0.4, 0.5) is 0 Å². The van der Waals surface area contributed by atoms with E-state index in [2.05, 4.69) is 48.0 Å². The second kappa shape index (κ2) is 6.48. The van der Waals surface area contributed by atoms with Gasteiger partial charge in [0, 0.05) is 18.7 Å². The quantitative estimate of drug-likeness (QED) is 0.590. The second-order valence-electron chi connectivity index (χ2n) is 4.21. The fourth-order valence-electron chi connectivity index (χ4n) is 1.84.